The van der Waals surface area contributed by atoms with Crippen LogP contribution in [0.25, 0.3) is 0 Å². The zero-order valence-corrected chi connectivity index (χ0v) is 9.40. The van der Waals surface area contributed by atoms with Gasteiger partial charge in [-0.15, -0.1) is 0 Å². The van der Waals surface area contributed by atoms with E-state index < -0.39 is 0 Å². The zero-order valence-electron chi connectivity index (χ0n) is 9.40. The van der Waals surface area contributed by atoms with Crippen molar-refractivity contribution in [1.29, 1.82) is 0 Å². The van der Waals surface area contributed by atoms with Crippen LogP contribution in [0.5, 0.6) is 0 Å². The molecule has 0 bridgehead atoms. The summed E-state index contributed by atoms with van der Waals surface area (Å²) in [5.41, 5.74) is 2.47. The van der Waals surface area contributed by atoms with Crippen LogP contribution >= 0.6 is 0 Å². The molecule has 0 aliphatic carbocycles. The summed E-state index contributed by atoms with van der Waals surface area (Å²) in [6, 6.07) is 8.47. The van der Waals surface area contributed by atoms with Gasteiger partial charge in [0.15, 0.2) is 6.29 Å². The molecule has 1 aliphatic heterocycles. The first kappa shape index (κ1) is 10.7. The van der Waals surface area contributed by atoms with Gasteiger partial charge < -0.3 is 9.47 Å². The molecule has 1 aromatic carbocycles. The molecule has 1 saturated heterocycles. The van der Waals surface area contributed by atoms with E-state index in [2.05, 4.69) is 38.1 Å². The molecule has 82 valence electrons. The third kappa shape index (κ3) is 2.58. The van der Waals surface area contributed by atoms with E-state index in [1.165, 1.54) is 5.56 Å². The van der Waals surface area contributed by atoms with Crippen molar-refractivity contribution in [3.8, 4) is 0 Å². The summed E-state index contributed by atoms with van der Waals surface area (Å²) in [7, 11) is 0. The van der Waals surface area contributed by atoms with Crippen molar-refractivity contribution in [1.82, 2.24) is 0 Å². The molecule has 1 aliphatic rings. The van der Waals surface area contributed by atoms with E-state index in [-0.39, 0.29) is 6.29 Å². The summed E-state index contributed by atoms with van der Waals surface area (Å²) >= 11 is 0. The highest BCUT2D eigenvalue weighted by Gasteiger charge is 2.20. The molecule has 15 heavy (non-hydrogen) atoms. The number of aryl methyl sites for hydroxylation is 1. The summed E-state index contributed by atoms with van der Waals surface area (Å²) in [6.07, 6.45) is 0.913. The Labute approximate surface area is 91.2 Å². The molecule has 0 unspecified atom stereocenters. The average molecular weight is 206 g/mol. The van der Waals surface area contributed by atoms with Crippen LogP contribution < -0.4 is 0 Å². The molecule has 2 rings (SSSR count). The minimum Gasteiger partial charge on any atom is -0.348 e. The summed E-state index contributed by atoms with van der Waals surface area (Å²) in [6.45, 7) is 5.88. The van der Waals surface area contributed by atoms with Crippen LogP contribution in [0.3, 0.4) is 0 Å². The van der Waals surface area contributed by atoms with Gasteiger partial charge in [0.2, 0.25) is 0 Å². The van der Waals surface area contributed by atoms with E-state index in [0.717, 1.165) is 25.2 Å². The van der Waals surface area contributed by atoms with Crippen LogP contribution in [-0.2, 0) is 15.9 Å². The highest BCUT2D eigenvalue weighted by atomic mass is 16.7. The lowest BCUT2D eigenvalue weighted by atomic mass is 10.1. The molecule has 0 spiro atoms. The number of rotatable bonds is 2. The minimum atomic E-state index is -0.160. The summed E-state index contributed by atoms with van der Waals surface area (Å²) in [5.74, 6) is 0.510. The molecule has 2 nitrogen and oxygen atoms in total. The third-order valence-electron chi connectivity index (χ3n) is 2.72. The molecule has 1 fully saturated rings. The highest BCUT2D eigenvalue weighted by molar-refractivity contribution is 5.23. The largest absolute Gasteiger partial charge is 0.348 e. The van der Waals surface area contributed by atoms with Crippen LogP contribution in [-0.4, -0.2) is 13.2 Å². The molecular weight excluding hydrogens is 188 g/mol. The summed E-state index contributed by atoms with van der Waals surface area (Å²) in [4.78, 5) is 0. The van der Waals surface area contributed by atoms with E-state index in [0.29, 0.717) is 5.92 Å². The van der Waals surface area contributed by atoms with Crippen LogP contribution in [0.4, 0.5) is 0 Å². The molecule has 0 aromatic heterocycles. The maximum atomic E-state index is 5.63. The Hall–Kier alpha value is -0.860. The van der Waals surface area contributed by atoms with Gasteiger partial charge in [-0.25, -0.2) is 0 Å². The lowest BCUT2D eigenvalue weighted by Gasteiger charge is -2.27. The summed E-state index contributed by atoms with van der Waals surface area (Å²) < 4.78 is 11.3. The fraction of sp³-hybridized carbons (Fsp3) is 0.538. The number of benzene rings is 1. The van der Waals surface area contributed by atoms with Crippen molar-refractivity contribution in [2.24, 2.45) is 5.92 Å². The van der Waals surface area contributed by atoms with Gasteiger partial charge in [0.1, 0.15) is 0 Å². The fourth-order valence-electron chi connectivity index (χ4n) is 1.70. The molecule has 2 heteroatoms. The molecule has 0 N–H and O–H groups in total. The molecule has 1 aromatic rings. The lowest BCUT2D eigenvalue weighted by molar-refractivity contribution is -0.202. The van der Waals surface area contributed by atoms with E-state index in [1.54, 1.807) is 0 Å². The van der Waals surface area contributed by atoms with Crippen molar-refractivity contribution < 1.29 is 9.47 Å². The molecule has 1 heterocycles. The molecule has 0 atom stereocenters. The first-order valence-corrected chi connectivity index (χ1v) is 5.61. The van der Waals surface area contributed by atoms with Gasteiger partial charge in [0.05, 0.1) is 13.2 Å². The Kier molecular flexibility index (Phi) is 3.39. The SMILES string of the molecule is CCc1ccc(C2OCC(C)CO2)cc1. The Morgan fingerprint density at radius 2 is 1.73 bits per heavy atom. The van der Waals surface area contributed by atoms with Gasteiger partial charge in [-0.1, -0.05) is 38.1 Å². The van der Waals surface area contributed by atoms with Crippen molar-refractivity contribution in [3.05, 3.63) is 35.4 Å². The van der Waals surface area contributed by atoms with Crippen LogP contribution in [0.1, 0.15) is 31.3 Å². The van der Waals surface area contributed by atoms with Crippen molar-refractivity contribution in [3.63, 3.8) is 0 Å². The van der Waals surface area contributed by atoms with E-state index in [4.69, 9.17) is 9.47 Å². The average Bonchev–Trinajstić information content (AvgIpc) is 2.30. The number of hydrogen-bond acceptors (Lipinski definition) is 2. The minimum absolute atomic E-state index is 0.160. The predicted molar refractivity (Wildman–Crippen MR) is 59.6 cm³/mol. The second-order valence-electron chi connectivity index (χ2n) is 4.20. The Morgan fingerprint density at radius 1 is 1.13 bits per heavy atom. The van der Waals surface area contributed by atoms with Crippen molar-refractivity contribution in [2.45, 2.75) is 26.6 Å². The third-order valence-corrected chi connectivity index (χ3v) is 2.72. The van der Waals surface area contributed by atoms with Crippen LogP contribution in [0, 0.1) is 5.92 Å². The first-order chi connectivity index (χ1) is 7.29. The standard InChI is InChI=1S/C13H18O2/c1-3-11-4-6-12(7-5-11)13-14-8-10(2)9-15-13/h4-7,10,13H,3,8-9H2,1-2H3. The second kappa shape index (κ2) is 4.77. The Balaban J connectivity index is 2.03. The van der Waals surface area contributed by atoms with E-state index in [9.17, 15) is 0 Å². The van der Waals surface area contributed by atoms with Crippen molar-refractivity contribution in [2.75, 3.05) is 13.2 Å². The predicted octanol–water partition coefficient (Wildman–Crippen LogP) is 2.93. The van der Waals surface area contributed by atoms with E-state index >= 15 is 0 Å². The number of hydrogen-bond donors (Lipinski definition) is 0. The Morgan fingerprint density at radius 3 is 2.27 bits per heavy atom. The molecule has 0 radical (unpaired) electrons. The quantitative estimate of drug-likeness (QED) is 0.740. The maximum absolute atomic E-state index is 5.63. The molecule has 0 amide bonds. The topological polar surface area (TPSA) is 18.5 Å². The van der Waals surface area contributed by atoms with Gasteiger partial charge in [0.25, 0.3) is 0 Å². The molecule has 0 saturated carbocycles. The maximum Gasteiger partial charge on any atom is 0.183 e. The summed E-state index contributed by atoms with van der Waals surface area (Å²) in [5, 5.41) is 0. The smallest absolute Gasteiger partial charge is 0.183 e. The highest BCUT2D eigenvalue weighted by Crippen LogP contribution is 2.24. The second-order valence-corrected chi connectivity index (χ2v) is 4.20. The van der Waals surface area contributed by atoms with Gasteiger partial charge in [-0.05, 0) is 12.0 Å². The van der Waals surface area contributed by atoms with Gasteiger partial charge in [-0.3, -0.25) is 0 Å². The van der Waals surface area contributed by atoms with Gasteiger partial charge in [0, 0.05) is 11.5 Å². The lowest BCUT2D eigenvalue weighted by Crippen LogP contribution is -2.24. The molecular formula is C13H18O2. The Bertz CT molecular complexity index is 297. The van der Waals surface area contributed by atoms with E-state index in [1.807, 2.05) is 0 Å². The fourth-order valence-corrected chi connectivity index (χ4v) is 1.70. The monoisotopic (exact) mass is 206 g/mol. The normalized spacial score (nSPS) is 26.5. The zero-order chi connectivity index (χ0) is 10.7. The van der Waals surface area contributed by atoms with Gasteiger partial charge in [-0.2, -0.15) is 0 Å². The van der Waals surface area contributed by atoms with Crippen LogP contribution in [0.15, 0.2) is 24.3 Å². The number of ether oxygens (including phenoxy) is 2. The van der Waals surface area contributed by atoms with Crippen LogP contribution in [0.2, 0.25) is 0 Å². The first-order valence-electron chi connectivity index (χ1n) is 5.61. The van der Waals surface area contributed by atoms with Gasteiger partial charge >= 0.3 is 0 Å². The van der Waals surface area contributed by atoms with Crippen molar-refractivity contribution >= 4 is 0 Å².